The number of imidazole rings is 1. The average molecular weight is 272 g/mol. The Hall–Kier alpha value is -1.13. The number of rotatable bonds is 1. The second kappa shape index (κ2) is 3.18. The molecule has 0 atom stereocenters. The summed E-state index contributed by atoms with van der Waals surface area (Å²) < 4.78 is 67.8. The highest BCUT2D eigenvalue weighted by Gasteiger charge is 2.35. The van der Waals surface area contributed by atoms with Gasteiger partial charge in [-0.3, -0.25) is 8.95 Å². The third-order valence-corrected chi connectivity index (χ3v) is 3.56. The number of alkyl halides is 3. The monoisotopic (exact) mass is 272 g/mol. The van der Waals surface area contributed by atoms with Crippen molar-refractivity contribution in [1.82, 2.24) is 9.38 Å². The fraction of sp³-hybridized carbons (Fsp3) is 0.167. The van der Waals surface area contributed by atoms with Crippen LogP contribution >= 0.6 is 11.3 Å². The first-order valence-electron chi connectivity index (χ1n) is 3.71. The highest BCUT2D eigenvalue weighted by molar-refractivity contribution is 7.85. The summed E-state index contributed by atoms with van der Waals surface area (Å²) in [7, 11) is -4.55. The summed E-state index contributed by atoms with van der Waals surface area (Å²) in [5.41, 5.74) is -1.20. The molecule has 0 aliphatic heterocycles. The number of nitrogens with zero attached hydrogens (tertiary/aromatic N) is 2. The van der Waals surface area contributed by atoms with Gasteiger partial charge >= 0.3 is 16.3 Å². The zero-order chi connectivity index (χ0) is 12.1. The van der Waals surface area contributed by atoms with Gasteiger partial charge in [0.1, 0.15) is 0 Å². The van der Waals surface area contributed by atoms with Gasteiger partial charge in [-0.2, -0.15) is 21.6 Å². The molecule has 0 aliphatic carbocycles. The van der Waals surface area contributed by atoms with E-state index in [-0.39, 0.29) is 4.96 Å². The zero-order valence-electron chi connectivity index (χ0n) is 7.26. The van der Waals surface area contributed by atoms with Crippen LogP contribution in [0.2, 0.25) is 0 Å². The predicted molar refractivity (Wildman–Crippen MR) is 47.9 cm³/mol. The Labute approximate surface area is 90.9 Å². The summed E-state index contributed by atoms with van der Waals surface area (Å²) in [6.45, 7) is 0. The lowest BCUT2D eigenvalue weighted by molar-refractivity contribution is -0.140. The van der Waals surface area contributed by atoms with E-state index in [2.05, 4.69) is 4.98 Å². The van der Waals surface area contributed by atoms with Crippen LogP contribution in [0, 0.1) is 0 Å². The van der Waals surface area contributed by atoms with Crippen molar-refractivity contribution in [1.29, 1.82) is 0 Å². The molecule has 16 heavy (non-hydrogen) atoms. The summed E-state index contributed by atoms with van der Waals surface area (Å²) in [6.07, 6.45) is -4.13. The van der Waals surface area contributed by atoms with Gasteiger partial charge in [0.2, 0.25) is 0 Å². The lowest BCUT2D eigenvalue weighted by Gasteiger charge is -1.99. The van der Waals surface area contributed by atoms with Gasteiger partial charge in [0, 0.05) is 11.6 Å². The zero-order valence-corrected chi connectivity index (χ0v) is 8.90. The summed E-state index contributed by atoms with van der Waals surface area (Å²) in [5, 5.41) is 0.383. The molecule has 0 spiro atoms. The van der Waals surface area contributed by atoms with Gasteiger partial charge in [-0.15, -0.1) is 11.3 Å². The minimum absolute atomic E-state index is 0.153. The Bertz CT molecular complexity index is 640. The Balaban J connectivity index is 2.70. The lowest BCUT2D eigenvalue weighted by atomic mass is 10.5. The van der Waals surface area contributed by atoms with Crippen molar-refractivity contribution >= 4 is 26.4 Å². The first kappa shape index (κ1) is 11.4. The fourth-order valence-electron chi connectivity index (χ4n) is 1.09. The van der Waals surface area contributed by atoms with E-state index in [1.165, 1.54) is 0 Å². The molecule has 0 radical (unpaired) electrons. The second-order valence-corrected chi connectivity index (χ2v) is 5.03. The molecule has 0 unspecified atom stereocenters. The Morgan fingerprint density at radius 3 is 2.56 bits per heavy atom. The average Bonchev–Trinajstić information content (AvgIpc) is 2.53. The molecule has 2 rings (SSSR count). The molecule has 1 N–H and O–H groups in total. The summed E-state index contributed by atoms with van der Waals surface area (Å²) in [5.74, 6) is 0. The topological polar surface area (TPSA) is 71.7 Å². The highest BCUT2D eigenvalue weighted by atomic mass is 32.2. The van der Waals surface area contributed by atoms with Crippen LogP contribution in [0.4, 0.5) is 13.2 Å². The SMILES string of the molecule is O=S(=O)(O)c1csc2nc(C(F)(F)F)cn12. The van der Waals surface area contributed by atoms with E-state index in [0.717, 1.165) is 5.38 Å². The van der Waals surface area contributed by atoms with Gasteiger partial charge < -0.3 is 0 Å². The number of fused-ring (bicyclic) bond motifs is 1. The van der Waals surface area contributed by atoms with Gasteiger partial charge in [-0.05, 0) is 0 Å². The van der Waals surface area contributed by atoms with E-state index in [9.17, 15) is 21.6 Å². The van der Waals surface area contributed by atoms with Crippen LogP contribution in [0.3, 0.4) is 0 Å². The Kier molecular flexibility index (Phi) is 2.26. The lowest BCUT2D eigenvalue weighted by Crippen LogP contribution is -2.05. The van der Waals surface area contributed by atoms with E-state index in [4.69, 9.17) is 4.55 Å². The summed E-state index contributed by atoms with van der Waals surface area (Å²) in [4.78, 5) is 3.05. The third kappa shape index (κ3) is 1.79. The van der Waals surface area contributed by atoms with Crippen LogP contribution < -0.4 is 0 Å². The van der Waals surface area contributed by atoms with E-state index < -0.39 is 27.0 Å². The standard InChI is InChI=1S/C6H3F3N2O3S2/c7-6(8,9)3-1-11-4(16(12,13)14)2-15-5(11)10-3/h1-2H,(H,12,13,14). The molecular formula is C6H3F3N2O3S2. The summed E-state index contributed by atoms with van der Waals surface area (Å²) in [6, 6.07) is 0. The molecule has 0 fully saturated rings. The van der Waals surface area contributed by atoms with Crippen LogP contribution in [0.1, 0.15) is 5.69 Å². The molecule has 2 heterocycles. The van der Waals surface area contributed by atoms with Crippen LogP contribution in [-0.4, -0.2) is 22.4 Å². The first-order valence-corrected chi connectivity index (χ1v) is 6.03. The van der Waals surface area contributed by atoms with Crippen molar-refractivity contribution in [2.24, 2.45) is 0 Å². The minimum Gasteiger partial charge on any atom is -0.281 e. The van der Waals surface area contributed by atoms with E-state index in [1.807, 2.05) is 0 Å². The molecule has 0 aliphatic rings. The Morgan fingerprint density at radius 1 is 1.44 bits per heavy atom. The molecule has 0 amide bonds. The smallest absolute Gasteiger partial charge is 0.281 e. The van der Waals surface area contributed by atoms with Crippen LogP contribution in [0.5, 0.6) is 0 Å². The molecule has 0 saturated heterocycles. The number of halogens is 3. The van der Waals surface area contributed by atoms with Gasteiger partial charge in [0.15, 0.2) is 15.7 Å². The van der Waals surface area contributed by atoms with E-state index >= 15 is 0 Å². The van der Waals surface area contributed by atoms with Gasteiger partial charge in [0.25, 0.3) is 0 Å². The highest BCUT2D eigenvalue weighted by Crippen LogP contribution is 2.30. The van der Waals surface area contributed by atoms with Crippen LogP contribution in [0.25, 0.3) is 4.96 Å². The first-order chi connectivity index (χ1) is 7.19. The van der Waals surface area contributed by atoms with Crippen molar-refractivity contribution in [3.63, 3.8) is 0 Å². The van der Waals surface area contributed by atoms with E-state index in [1.54, 1.807) is 0 Å². The molecule has 0 aromatic carbocycles. The maximum absolute atomic E-state index is 12.2. The number of hydrogen-bond acceptors (Lipinski definition) is 4. The maximum atomic E-state index is 12.2. The maximum Gasteiger partial charge on any atom is 0.434 e. The van der Waals surface area contributed by atoms with Crippen LogP contribution in [-0.2, 0) is 16.3 Å². The van der Waals surface area contributed by atoms with Crippen molar-refractivity contribution in [3.8, 4) is 0 Å². The number of aromatic nitrogens is 2. The largest absolute Gasteiger partial charge is 0.434 e. The molecule has 2 aromatic heterocycles. The normalized spacial score (nSPS) is 13.5. The van der Waals surface area contributed by atoms with Crippen LogP contribution in [0.15, 0.2) is 16.6 Å². The molecule has 5 nitrogen and oxygen atoms in total. The van der Waals surface area contributed by atoms with Crippen molar-refractivity contribution in [2.75, 3.05) is 0 Å². The molecule has 0 bridgehead atoms. The van der Waals surface area contributed by atoms with Crippen molar-refractivity contribution in [3.05, 3.63) is 17.3 Å². The molecule has 88 valence electrons. The number of thiazole rings is 1. The predicted octanol–water partition coefficient (Wildman–Crippen LogP) is 1.66. The van der Waals surface area contributed by atoms with Gasteiger partial charge in [0.05, 0.1) is 0 Å². The Morgan fingerprint density at radius 2 is 2.06 bits per heavy atom. The molecular weight excluding hydrogens is 269 g/mol. The minimum atomic E-state index is -4.65. The molecule has 2 aromatic rings. The van der Waals surface area contributed by atoms with Gasteiger partial charge in [-0.25, -0.2) is 4.98 Å². The van der Waals surface area contributed by atoms with Crippen molar-refractivity contribution in [2.45, 2.75) is 11.2 Å². The quantitative estimate of drug-likeness (QED) is 0.801. The molecule has 0 saturated carbocycles. The second-order valence-electron chi connectivity index (χ2n) is 2.83. The fourth-order valence-corrected chi connectivity index (χ4v) is 2.90. The van der Waals surface area contributed by atoms with Crippen molar-refractivity contribution < 1.29 is 26.1 Å². The third-order valence-electron chi connectivity index (χ3n) is 1.73. The molecule has 10 heteroatoms. The van der Waals surface area contributed by atoms with Gasteiger partial charge in [-0.1, -0.05) is 0 Å². The van der Waals surface area contributed by atoms with E-state index in [0.29, 0.717) is 21.9 Å². The number of hydrogen-bond donors (Lipinski definition) is 1. The summed E-state index contributed by atoms with van der Waals surface area (Å²) >= 11 is 0.690.